The Morgan fingerprint density at radius 1 is 1.46 bits per heavy atom. The van der Waals surface area contributed by atoms with Gasteiger partial charge in [-0.1, -0.05) is 29.4 Å². The normalized spacial score (nSPS) is 20.6. The summed E-state index contributed by atoms with van der Waals surface area (Å²) in [5.74, 6) is -0.238. The second-order valence-electron chi connectivity index (χ2n) is 5.97. The van der Waals surface area contributed by atoms with Gasteiger partial charge in [0.2, 0.25) is 0 Å². The van der Waals surface area contributed by atoms with Gasteiger partial charge >= 0.3 is 5.97 Å². The molecule has 1 aromatic rings. The van der Waals surface area contributed by atoms with Crippen LogP contribution in [-0.2, 0) is 9.53 Å². The number of benzene rings is 1. The lowest BCUT2D eigenvalue weighted by Crippen LogP contribution is -2.41. The van der Waals surface area contributed by atoms with Crippen molar-refractivity contribution >= 4 is 11.8 Å². The largest absolute Gasteiger partial charge is 0.466 e. The molecule has 24 heavy (non-hydrogen) atoms. The number of nitrogens with two attached hydrogens (primary N) is 1. The average molecular weight is 335 g/mol. The Labute approximate surface area is 141 Å². The molecule has 1 saturated heterocycles. The van der Waals surface area contributed by atoms with E-state index in [1.54, 1.807) is 31.2 Å². The number of carbonyl (C=O) groups is 1. The van der Waals surface area contributed by atoms with Crippen LogP contribution in [0.2, 0.25) is 0 Å². The second kappa shape index (κ2) is 8.65. The highest BCUT2D eigenvalue weighted by atomic mass is 16.5. The summed E-state index contributed by atoms with van der Waals surface area (Å²) >= 11 is 0. The zero-order chi connectivity index (χ0) is 17.5. The van der Waals surface area contributed by atoms with E-state index in [9.17, 15) is 9.90 Å². The molecule has 1 fully saturated rings. The summed E-state index contributed by atoms with van der Waals surface area (Å²) in [7, 11) is 0. The molecule has 0 unspecified atom stereocenters. The number of aliphatic hydroxyl groups excluding tert-OH is 1. The smallest absolute Gasteiger partial charge is 0.310 e. The van der Waals surface area contributed by atoms with E-state index in [0.717, 1.165) is 24.9 Å². The molecule has 0 saturated carbocycles. The summed E-state index contributed by atoms with van der Waals surface area (Å²) in [6, 6.07) is 6.91. The van der Waals surface area contributed by atoms with Crippen LogP contribution in [0.15, 0.2) is 29.4 Å². The van der Waals surface area contributed by atoms with Crippen molar-refractivity contribution in [3.8, 4) is 0 Å². The van der Waals surface area contributed by atoms with Crippen LogP contribution in [0.4, 0.5) is 0 Å². The second-order valence-corrected chi connectivity index (χ2v) is 5.97. The summed E-state index contributed by atoms with van der Waals surface area (Å²) < 4.78 is 5.09. The van der Waals surface area contributed by atoms with Crippen LogP contribution in [0.5, 0.6) is 0 Å². The number of rotatable bonds is 6. The van der Waals surface area contributed by atoms with Gasteiger partial charge in [0.1, 0.15) is 0 Å². The predicted octanol–water partition coefficient (Wildman–Crippen LogP) is 1.09. The van der Waals surface area contributed by atoms with Crippen molar-refractivity contribution < 1.29 is 19.8 Å². The lowest BCUT2D eigenvalue weighted by atomic mass is 9.97. The van der Waals surface area contributed by atoms with Gasteiger partial charge in [0.25, 0.3) is 0 Å². The van der Waals surface area contributed by atoms with E-state index in [1.807, 2.05) is 0 Å². The minimum absolute atomic E-state index is 0.0318. The fraction of sp³-hybridized carbons (Fsp3) is 0.529. The van der Waals surface area contributed by atoms with Crippen LogP contribution in [0.1, 0.15) is 37.0 Å². The summed E-state index contributed by atoms with van der Waals surface area (Å²) in [5.41, 5.74) is 6.87. The topological polar surface area (TPSA) is 108 Å². The highest BCUT2D eigenvalue weighted by Crippen LogP contribution is 2.21. The van der Waals surface area contributed by atoms with Crippen LogP contribution in [-0.4, -0.2) is 53.3 Å². The number of piperidine rings is 1. The van der Waals surface area contributed by atoms with Gasteiger partial charge in [-0.25, -0.2) is 0 Å². The molecule has 1 heterocycles. The first kappa shape index (κ1) is 18.2. The Hall–Kier alpha value is -2.12. The Morgan fingerprint density at radius 3 is 2.79 bits per heavy atom. The van der Waals surface area contributed by atoms with Crippen LogP contribution in [0.3, 0.4) is 0 Å². The molecule has 132 valence electrons. The third kappa shape index (κ3) is 4.69. The third-order valence-electron chi connectivity index (χ3n) is 4.26. The van der Waals surface area contributed by atoms with Crippen LogP contribution >= 0.6 is 0 Å². The zero-order valence-electron chi connectivity index (χ0n) is 13.9. The number of oxime groups is 1. The van der Waals surface area contributed by atoms with Crippen molar-refractivity contribution in [2.45, 2.75) is 25.9 Å². The predicted molar refractivity (Wildman–Crippen MR) is 89.7 cm³/mol. The highest BCUT2D eigenvalue weighted by molar-refractivity contribution is 5.96. The Morgan fingerprint density at radius 2 is 2.17 bits per heavy atom. The molecular formula is C17H25N3O4. The lowest BCUT2D eigenvalue weighted by molar-refractivity contribution is -0.150. The number of β-amino-alcohol motifs (C(OH)–C–C–N with tert-alkyl or cyclic N) is 1. The molecule has 2 rings (SSSR count). The summed E-state index contributed by atoms with van der Waals surface area (Å²) in [5, 5.41) is 22.0. The quantitative estimate of drug-likeness (QED) is 0.236. The molecule has 0 radical (unpaired) electrons. The number of carbonyl (C=O) groups excluding carboxylic acids is 1. The standard InChI is InChI=1S/C17H25N3O4/c1-2-24-17(22)14-4-3-9-20(10-14)11-15(21)12-5-7-13(8-6-12)16(18)19-23/h5-8,14-15,21,23H,2-4,9-11H2,1H3,(H2,18,19)/t14-,15+/m0/s1. The lowest BCUT2D eigenvalue weighted by Gasteiger charge is -2.32. The fourth-order valence-electron chi connectivity index (χ4n) is 2.96. The van der Waals surface area contributed by atoms with E-state index in [2.05, 4.69) is 10.1 Å². The molecular weight excluding hydrogens is 310 g/mol. The van der Waals surface area contributed by atoms with Gasteiger partial charge in [-0.15, -0.1) is 0 Å². The molecule has 0 spiro atoms. The Bertz CT molecular complexity index is 574. The van der Waals surface area contributed by atoms with Crippen molar-refractivity contribution in [2.75, 3.05) is 26.2 Å². The van der Waals surface area contributed by atoms with Gasteiger partial charge in [0.05, 0.1) is 18.6 Å². The van der Waals surface area contributed by atoms with Gasteiger partial charge in [-0.05, 0) is 31.9 Å². The van der Waals surface area contributed by atoms with E-state index in [1.165, 1.54) is 0 Å². The molecule has 1 aromatic carbocycles. The molecule has 7 heteroatoms. The van der Waals surface area contributed by atoms with Crippen molar-refractivity contribution in [3.63, 3.8) is 0 Å². The molecule has 4 N–H and O–H groups in total. The van der Waals surface area contributed by atoms with Gasteiger partial charge < -0.3 is 20.8 Å². The monoisotopic (exact) mass is 335 g/mol. The summed E-state index contributed by atoms with van der Waals surface area (Å²) in [4.78, 5) is 14.0. The zero-order valence-corrected chi connectivity index (χ0v) is 13.9. The fourth-order valence-corrected chi connectivity index (χ4v) is 2.96. The molecule has 0 aromatic heterocycles. The molecule has 7 nitrogen and oxygen atoms in total. The third-order valence-corrected chi connectivity index (χ3v) is 4.26. The molecule has 0 aliphatic carbocycles. The first-order chi connectivity index (χ1) is 11.5. The van der Waals surface area contributed by atoms with E-state index in [0.29, 0.717) is 25.3 Å². The minimum atomic E-state index is -0.660. The van der Waals surface area contributed by atoms with Crippen molar-refractivity contribution in [1.29, 1.82) is 0 Å². The van der Waals surface area contributed by atoms with Gasteiger partial charge in [0.15, 0.2) is 5.84 Å². The Balaban J connectivity index is 1.93. The van der Waals surface area contributed by atoms with Gasteiger partial charge in [-0.3, -0.25) is 9.69 Å². The maximum Gasteiger partial charge on any atom is 0.310 e. The maximum atomic E-state index is 11.9. The van der Waals surface area contributed by atoms with Crippen LogP contribution in [0, 0.1) is 5.92 Å². The number of amidine groups is 1. The number of likely N-dealkylation sites (tertiary alicyclic amines) is 1. The molecule has 1 aliphatic rings. The molecule has 2 atom stereocenters. The maximum absolute atomic E-state index is 11.9. The first-order valence-electron chi connectivity index (χ1n) is 8.20. The number of nitrogens with zero attached hydrogens (tertiary/aromatic N) is 2. The number of esters is 1. The van der Waals surface area contributed by atoms with Gasteiger partial charge in [-0.2, -0.15) is 0 Å². The molecule has 0 bridgehead atoms. The first-order valence-corrected chi connectivity index (χ1v) is 8.20. The number of hydrogen-bond donors (Lipinski definition) is 3. The average Bonchev–Trinajstić information content (AvgIpc) is 2.61. The van der Waals surface area contributed by atoms with E-state index in [-0.39, 0.29) is 17.7 Å². The van der Waals surface area contributed by atoms with Crippen LogP contribution in [0.25, 0.3) is 0 Å². The van der Waals surface area contributed by atoms with Crippen LogP contribution < -0.4 is 5.73 Å². The minimum Gasteiger partial charge on any atom is -0.466 e. The van der Waals surface area contributed by atoms with Crippen molar-refractivity contribution in [1.82, 2.24) is 4.90 Å². The van der Waals surface area contributed by atoms with Crippen molar-refractivity contribution in [3.05, 3.63) is 35.4 Å². The summed E-state index contributed by atoms with van der Waals surface area (Å²) in [6.45, 7) is 4.12. The van der Waals surface area contributed by atoms with E-state index < -0.39 is 6.10 Å². The molecule has 0 amide bonds. The number of hydrogen-bond acceptors (Lipinski definition) is 6. The SMILES string of the molecule is CCOC(=O)[C@H]1CCCN(C[C@@H](O)c2ccc(/C(N)=N/O)cc2)C1. The Kier molecular flexibility index (Phi) is 6.57. The van der Waals surface area contributed by atoms with E-state index in [4.69, 9.17) is 15.7 Å². The highest BCUT2D eigenvalue weighted by Gasteiger charge is 2.28. The van der Waals surface area contributed by atoms with Gasteiger partial charge in [0, 0.05) is 18.7 Å². The number of aliphatic hydroxyl groups is 1. The molecule has 1 aliphatic heterocycles. The van der Waals surface area contributed by atoms with Crippen molar-refractivity contribution in [2.24, 2.45) is 16.8 Å². The number of ether oxygens (including phenoxy) is 1. The van der Waals surface area contributed by atoms with E-state index >= 15 is 0 Å². The summed E-state index contributed by atoms with van der Waals surface area (Å²) in [6.07, 6.45) is 1.09.